The molecule has 0 saturated carbocycles. The predicted octanol–water partition coefficient (Wildman–Crippen LogP) is 5.31. The third-order valence-corrected chi connectivity index (χ3v) is 5.84. The zero-order valence-corrected chi connectivity index (χ0v) is 19.2. The Morgan fingerprint density at radius 3 is 2.28 bits per heavy atom. The summed E-state index contributed by atoms with van der Waals surface area (Å²) in [5.41, 5.74) is 8.01. The summed E-state index contributed by atoms with van der Waals surface area (Å²) < 4.78 is 7.88. The first-order chi connectivity index (χ1) is 15.3. The lowest BCUT2D eigenvalue weighted by Gasteiger charge is -2.06. The number of carbonyl (C=O) groups is 1. The number of nitrogens with one attached hydrogen (secondary N) is 1. The van der Waals surface area contributed by atoms with Crippen LogP contribution in [0, 0.1) is 34.6 Å². The number of aryl methyl sites for hydroxylation is 3. The minimum absolute atomic E-state index is 0.0453. The lowest BCUT2D eigenvalue weighted by Crippen LogP contribution is -2.14. The first-order valence-corrected chi connectivity index (χ1v) is 10.7. The summed E-state index contributed by atoms with van der Waals surface area (Å²) in [5, 5.41) is 7.54. The zero-order chi connectivity index (χ0) is 22.8. The van der Waals surface area contributed by atoms with Crippen molar-refractivity contribution in [2.45, 2.75) is 47.6 Å². The second-order valence-electron chi connectivity index (χ2n) is 8.26. The van der Waals surface area contributed by atoms with Crippen LogP contribution in [0.4, 0.5) is 5.69 Å². The summed E-state index contributed by atoms with van der Waals surface area (Å²) in [6.07, 6.45) is 0.343. The highest BCUT2D eigenvalue weighted by molar-refractivity contribution is 5.92. The van der Waals surface area contributed by atoms with Crippen LogP contribution >= 0.6 is 0 Å². The SMILES string of the molecule is Cc1ccc(CC(=O)Nc2ccc(-c3nc(Cn4nc(C)c(C)c4C)c(C)o3)cc2)cc1. The van der Waals surface area contributed by atoms with E-state index in [1.165, 1.54) is 11.1 Å². The average Bonchev–Trinajstić information content (AvgIpc) is 3.25. The van der Waals surface area contributed by atoms with Gasteiger partial charge in [-0.1, -0.05) is 29.8 Å². The van der Waals surface area contributed by atoms with Crippen molar-refractivity contribution >= 4 is 11.6 Å². The van der Waals surface area contributed by atoms with Crippen molar-refractivity contribution < 1.29 is 9.21 Å². The molecule has 2 aromatic heterocycles. The third-order valence-electron chi connectivity index (χ3n) is 5.84. The maximum Gasteiger partial charge on any atom is 0.228 e. The highest BCUT2D eigenvalue weighted by atomic mass is 16.4. The van der Waals surface area contributed by atoms with Gasteiger partial charge in [-0.3, -0.25) is 9.48 Å². The summed E-state index contributed by atoms with van der Waals surface area (Å²) in [4.78, 5) is 17.0. The molecule has 164 valence electrons. The van der Waals surface area contributed by atoms with Crippen LogP contribution in [0.15, 0.2) is 52.9 Å². The van der Waals surface area contributed by atoms with Crippen molar-refractivity contribution in [2.75, 3.05) is 5.32 Å². The Morgan fingerprint density at radius 2 is 1.66 bits per heavy atom. The molecule has 0 atom stereocenters. The molecule has 4 rings (SSSR count). The fourth-order valence-corrected chi connectivity index (χ4v) is 3.57. The quantitative estimate of drug-likeness (QED) is 0.452. The Kier molecular flexibility index (Phi) is 5.95. The number of hydrogen-bond donors (Lipinski definition) is 1. The molecule has 0 bridgehead atoms. The topological polar surface area (TPSA) is 73.0 Å². The molecule has 1 amide bonds. The summed E-state index contributed by atoms with van der Waals surface area (Å²) in [5.74, 6) is 1.30. The number of hydrogen-bond acceptors (Lipinski definition) is 4. The van der Waals surface area contributed by atoms with E-state index in [-0.39, 0.29) is 5.91 Å². The van der Waals surface area contributed by atoms with Gasteiger partial charge >= 0.3 is 0 Å². The van der Waals surface area contributed by atoms with Gasteiger partial charge < -0.3 is 9.73 Å². The predicted molar refractivity (Wildman–Crippen MR) is 126 cm³/mol. The summed E-state index contributed by atoms with van der Waals surface area (Å²) >= 11 is 0. The maximum absolute atomic E-state index is 12.3. The van der Waals surface area contributed by atoms with E-state index in [9.17, 15) is 4.79 Å². The fraction of sp³-hybridized carbons (Fsp3) is 0.269. The van der Waals surface area contributed by atoms with Crippen molar-refractivity contribution in [3.63, 3.8) is 0 Å². The van der Waals surface area contributed by atoms with Gasteiger partial charge in [-0.15, -0.1) is 0 Å². The van der Waals surface area contributed by atoms with Gasteiger partial charge in [0.25, 0.3) is 0 Å². The highest BCUT2D eigenvalue weighted by Gasteiger charge is 2.15. The summed E-state index contributed by atoms with van der Waals surface area (Å²) in [7, 11) is 0. The monoisotopic (exact) mass is 428 g/mol. The smallest absolute Gasteiger partial charge is 0.228 e. The maximum atomic E-state index is 12.3. The number of carbonyl (C=O) groups excluding carboxylic acids is 1. The van der Waals surface area contributed by atoms with E-state index in [4.69, 9.17) is 9.40 Å². The Balaban J connectivity index is 1.43. The minimum Gasteiger partial charge on any atom is -0.441 e. The Hall–Kier alpha value is -3.67. The van der Waals surface area contributed by atoms with Crippen LogP contribution in [0.5, 0.6) is 0 Å². The molecule has 2 heterocycles. The van der Waals surface area contributed by atoms with Crippen molar-refractivity contribution in [3.8, 4) is 11.5 Å². The van der Waals surface area contributed by atoms with Gasteiger partial charge in [-0.05, 0) is 70.0 Å². The average molecular weight is 429 g/mol. The molecule has 0 saturated heterocycles. The van der Waals surface area contributed by atoms with Crippen molar-refractivity contribution in [1.82, 2.24) is 14.8 Å². The lowest BCUT2D eigenvalue weighted by atomic mass is 10.1. The summed E-state index contributed by atoms with van der Waals surface area (Å²) in [6.45, 7) is 10.7. The van der Waals surface area contributed by atoms with Gasteiger partial charge in [0.2, 0.25) is 11.8 Å². The van der Waals surface area contributed by atoms with Crippen molar-refractivity contribution in [2.24, 2.45) is 0 Å². The van der Waals surface area contributed by atoms with Gasteiger partial charge in [-0.2, -0.15) is 5.10 Å². The number of oxazole rings is 1. The number of amides is 1. The van der Waals surface area contributed by atoms with Gasteiger partial charge in [0.15, 0.2) is 0 Å². The highest BCUT2D eigenvalue weighted by Crippen LogP contribution is 2.24. The van der Waals surface area contributed by atoms with Gasteiger partial charge in [0.1, 0.15) is 11.5 Å². The van der Waals surface area contributed by atoms with Crippen LogP contribution in [0.1, 0.15) is 39.5 Å². The van der Waals surface area contributed by atoms with Gasteiger partial charge in [0.05, 0.1) is 18.7 Å². The first kappa shape index (κ1) is 21.6. The largest absolute Gasteiger partial charge is 0.441 e. The molecule has 0 aliphatic heterocycles. The number of aromatic nitrogens is 3. The summed E-state index contributed by atoms with van der Waals surface area (Å²) in [6, 6.07) is 15.5. The molecular weight excluding hydrogens is 400 g/mol. The zero-order valence-electron chi connectivity index (χ0n) is 19.2. The fourth-order valence-electron chi connectivity index (χ4n) is 3.57. The number of rotatable bonds is 6. The van der Waals surface area contributed by atoms with Crippen LogP contribution in [-0.4, -0.2) is 20.7 Å². The normalized spacial score (nSPS) is 11.0. The molecule has 6 nitrogen and oxygen atoms in total. The van der Waals surface area contributed by atoms with E-state index in [1.807, 2.05) is 74.0 Å². The Labute approximate surface area is 188 Å². The Bertz CT molecular complexity index is 1250. The van der Waals surface area contributed by atoms with Gasteiger partial charge in [0, 0.05) is 16.9 Å². The molecule has 2 aromatic carbocycles. The van der Waals surface area contributed by atoms with E-state index in [0.29, 0.717) is 18.9 Å². The minimum atomic E-state index is -0.0453. The van der Waals surface area contributed by atoms with E-state index < -0.39 is 0 Å². The number of nitrogens with zero attached hydrogens (tertiary/aromatic N) is 3. The van der Waals surface area contributed by atoms with Crippen molar-refractivity contribution in [3.05, 3.63) is 88.1 Å². The van der Waals surface area contributed by atoms with Crippen LogP contribution < -0.4 is 5.32 Å². The second kappa shape index (κ2) is 8.83. The standard InChI is InChI=1S/C26H28N4O2/c1-16-6-8-21(9-7-16)14-25(31)27-23-12-10-22(11-13-23)26-28-24(20(5)32-26)15-30-19(4)17(2)18(3)29-30/h6-13H,14-15H2,1-5H3,(H,27,31). The van der Waals surface area contributed by atoms with E-state index in [1.54, 1.807) is 0 Å². The van der Waals surface area contributed by atoms with E-state index in [0.717, 1.165) is 39.7 Å². The molecule has 32 heavy (non-hydrogen) atoms. The molecule has 4 aromatic rings. The third kappa shape index (κ3) is 4.64. The molecule has 0 unspecified atom stereocenters. The molecule has 0 spiro atoms. The van der Waals surface area contributed by atoms with Crippen LogP contribution in [0.3, 0.4) is 0 Å². The molecule has 0 aliphatic rings. The number of anilines is 1. The first-order valence-electron chi connectivity index (χ1n) is 10.7. The molecule has 6 heteroatoms. The van der Waals surface area contributed by atoms with Crippen LogP contribution in [0.2, 0.25) is 0 Å². The molecule has 0 aliphatic carbocycles. The van der Waals surface area contributed by atoms with E-state index >= 15 is 0 Å². The molecule has 0 radical (unpaired) electrons. The van der Waals surface area contributed by atoms with Crippen LogP contribution in [0.25, 0.3) is 11.5 Å². The van der Waals surface area contributed by atoms with Crippen molar-refractivity contribution in [1.29, 1.82) is 0 Å². The Morgan fingerprint density at radius 1 is 0.969 bits per heavy atom. The number of benzene rings is 2. The van der Waals surface area contributed by atoms with Crippen LogP contribution in [-0.2, 0) is 17.8 Å². The second-order valence-corrected chi connectivity index (χ2v) is 8.26. The molecule has 0 fully saturated rings. The lowest BCUT2D eigenvalue weighted by molar-refractivity contribution is -0.115. The molecular formula is C26H28N4O2. The van der Waals surface area contributed by atoms with E-state index in [2.05, 4.69) is 24.3 Å². The molecule has 1 N–H and O–H groups in total. The van der Waals surface area contributed by atoms with Gasteiger partial charge in [-0.25, -0.2) is 4.98 Å².